The van der Waals surface area contributed by atoms with Crippen LogP contribution in [0.1, 0.15) is 27.2 Å². The maximum Gasteiger partial charge on any atom is 0.359 e. The second-order valence-electron chi connectivity index (χ2n) is 5.20. The first-order valence-corrected chi connectivity index (χ1v) is 6.17. The van der Waals surface area contributed by atoms with Crippen LogP contribution >= 0.6 is 0 Å². The number of ether oxygens (including phenoxy) is 2. The normalized spacial score (nSPS) is 36.3. The molecule has 0 unspecified atom stereocenters. The Morgan fingerprint density at radius 1 is 1.56 bits per heavy atom. The van der Waals surface area contributed by atoms with Crippen molar-refractivity contribution < 1.29 is 19.1 Å². The monoisotopic (exact) mass is 250 g/mol. The van der Waals surface area contributed by atoms with Crippen LogP contribution in [-0.4, -0.2) is 24.0 Å². The molecule has 98 valence electrons. The van der Waals surface area contributed by atoms with Gasteiger partial charge in [0.15, 0.2) is 0 Å². The third-order valence-electron chi connectivity index (χ3n) is 4.03. The van der Waals surface area contributed by atoms with Gasteiger partial charge in [0.2, 0.25) is 5.78 Å². The molecule has 0 radical (unpaired) electrons. The van der Waals surface area contributed by atoms with Crippen LogP contribution in [-0.2, 0) is 19.1 Å². The van der Waals surface area contributed by atoms with Crippen LogP contribution in [0.4, 0.5) is 0 Å². The van der Waals surface area contributed by atoms with Crippen molar-refractivity contribution in [2.24, 2.45) is 11.3 Å². The molecule has 3 atom stereocenters. The first-order valence-electron chi connectivity index (χ1n) is 6.17. The Kier molecular flexibility index (Phi) is 2.84. The molecule has 0 bridgehead atoms. The Hall–Kier alpha value is -1.58. The summed E-state index contributed by atoms with van der Waals surface area (Å²) in [5, 5.41) is 0. The number of cyclic esters (lactones) is 1. The fourth-order valence-electron chi connectivity index (χ4n) is 2.33. The first-order chi connectivity index (χ1) is 8.41. The van der Waals surface area contributed by atoms with Gasteiger partial charge in [-0.3, -0.25) is 4.79 Å². The Morgan fingerprint density at radius 2 is 2.22 bits per heavy atom. The molecule has 1 spiro atoms. The summed E-state index contributed by atoms with van der Waals surface area (Å²) in [6.07, 6.45) is 3.85. The van der Waals surface area contributed by atoms with E-state index in [9.17, 15) is 9.59 Å². The maximum atomic E-state index is 12.3. The van der Waals surface area contributed by atoms with Crippen molar-refractivity contribution in [3.8, 4) is 0 Å². The quantitative estimate of drug-likeness (QED) is 0.437. The predicted molar refractivity (Wildman–Crippen MR) is 65.6 cm³/mol. The topological polar surface area (TPSA) is 52.6 Å². The van der Waals surface area contributed by atoms with Gasteiger partial charge in [0.1, 0.15) is 12.4 Å². The minimum Gasteiger partial charge on any atom is -0.470 e. The van der Waals surface area contributed by atoms with E-state index in [4.69, 9.17) is 9.47 Å². The summed E-state index contributed by atoms with van der Waals surface area (Å²) in [6.45, 7) is 9.56. The lowest BCUT2D eigenvalue weighted by molar-refractivity contribution is -0.161. The number of carbonyl (C=O) groups is 2. The zero-order valence-corrected chi connectivity index (χ0v) is 11.0. The zero-order chi connectivity index (χ0) is 13.6. The fraction of sp³-hybridized carbons (Fsp3) is 0.571. The molecule has 2 heterocycles. The number of hydrogen-bond acceptors (Lipinski definition) is 4. The highest BCUT2D eigenvalue weighted by atomic mass is 16.6. The predicted octanol–water partition coefficient (Wildman–Crippen LogP) is 2.00. The summed E-state index contributed by atoms with van der Waals surface area (Å²) in [5.41, 5.74) is -2.36. The number of allylic oxidation sites excluding steroid dienone is 1. The van der Waals surface area contributed by atoms with Gasteiger partial charge in [0.25, 0.3) is 5.60 Å². The van der Waals surface area contributed by atoms with Gasteiger partial charge in [0.05, 0.1) is 5.41 Å². The minimum absolute atomic E-state index is 0.107. The molecule has 4 heteroatoms. The molecule has 18 heavy (non-hydrogen) atoms. The van der Waals surface area contributed by atoms with E-state index in [-0.39, 0.29) is 18.3 Å². The van der Waals surface area contributed by atoms with Crippen molar-refractivity contribution in [2.45, 2.75) is 32.8 Å². The van der Waals surface area contributed by atoms with Crippen LogP contribution in [0, 0.1) is 11.3 Å². The van der Waals surface area contributed by atoms with Gasteiger partial charge in [-0.1, -0.05) is 19.9 Å². The van der Waals surface area contributed by atoms with Gasteiger partial charge >= 0.3 is 5.97 Å². The summed E-state index contributed by atoms with van der Waals surface area (Å²) in [6, 6.07) is 0. The second kappa shape index (κ2) is 3.97. The van der Waals surface area contributed by atoms with Gasteiger partial charge in [-0.25, -0.2) is 4.79 Å². The summed E-state index contributed by atoms with van der Waals surface area (Å²) in [7, 11) is 0. The molecule has 2 aliphatic heterocycles. The number of carbonyl (C=O) groups excluding carboxylic acids is 2. The van der Waals surface area contributed by atoms with Crippen molar-refractivity contribution in [3.05, 3.63) is 24.5 Å². The molecule has 0 aliphatic carbocycles. The van der Waals surface area contributed by atoms with Crippen LogP contribution in [0.15, 0.2) is 24.5 Å². The number of hydrogen-bond donors (Lipinski definition) is 0. The lowest BCUT2D eigenvalue weighted by Gasteiger charge is -2.32. The van der Waals surface area contributed by atoms with Gasteiger partial charge in [-0.05, 0) is 13.3 Å². The van der Waals surface area contributed by atoms with Gasteiger partial charge < -0.3 is 9.47 Å². The number of esters is 1. The summed E-state index contributed by atoms with van der Waals surface area (Å²) >= 11 is 0. The summed E-state index contributed by atoms with van der Waals surface area (Å²) < 4.78 is 10.8. The molecule has 0 aromatic carbocycles. The molecule has 0 amide bonds. The number of ketones is 1. The third-order valence-corrected chi connectivity index (χ3v) is 4.03. The molecule has 0 N–H and O–H groups in total. The van der Waals surface area contributed by atoms with E-state index < -0.39 is 17.0 Å². The molecule has 0 aromatic rings. The lowest BCUT2D eigenvalue weighted by Crippen LogP contribution is -2.52. The van der Waals surface area contributed by atoms with Crippen LogP contribution in [0.5, 0.6) is 0 Å². The van der Waals surface area contributed by atoms with E-state index in [1.54, 1.807) is 13.0 Å². The van der Waals surface area contributed by atoms with E-state index in [0.717, 1.165) is 6.42 Å². The SMILES string of the molecule is C=C[C@]1(C)COC(=O)[C@]12OC([C@@H](C)CC)=CC2=O. The number of rotatable bonds is 3. The third kappa shape index (κ3) is 1.38. The lowest BCUT2D eigenvalue weighted by atomic mass is 9.73. The van der Waals surface area contributed by atoms with Crippen LogP contribution < -0.4 is 0 Å². The zero-order valence-electron chi connectivity index (χ0n) is 11.0. The molecule has 1 fully saturated rings. The van der Waals surface area contributed by atoms with Gasteiger partial charge in [-0.15, -0.1) is 6.58 Å². The molecular weight excluding hydrogens is 232 g/mol. The van der Waals surface area contributed by atoms with Crippen LogP contribution in [0.3, 0.4) is 0 Å². The largest absolute Gasteiger partial charge is 0.470 e. The average Bonchev–Trinajstić information content (AvgIpc) is 2.84. The van der Waals surface area contributed by atoms with E-state index in [2.05, 4.69) is 6.58 Å². The highest BCUT2D eigenvalue weighted by Crippen LogP contribution is 2.48. The molecule has 2 rings (SSSR count). The molecule has 2 aliphatic rings. The van der Waals surface area contributed by atoms with E-state index in [0.29, 0.717) is 5.76 Å². The van der Waals surface area contributed by atoms with Crippen molar-refractivity contribution in [1.82, 2.24) is 0 Å². The van der Waals surface area contributed by atoms with Crippen LogP contribution in [0.2, 0.25) is 0 Å². The Balaban J connectivity index is 2.43. The van der Waals surface area contributed by atoms with E-state index >= 15 is 0 Å². The highest BCUT2D eigenvalue weighted by Gasteiger charge is 2.68. The second-order valence-corrected chi connectivity index (χ2v) is 5.20. The fourth-order valence-corrected chi connectivity index (χ4v) is 2.33. The van der Waals surface area contributed by atoms with E-state index in [1.165, 1.54) is 6.08 Å². The maximum absolute atomic E-state index is 12.3. The first kappa shape index (κ1) is 12.9. The van der Waals surface area contributed by atoms with Crippen molar-refractivity contribution >= 4 is 11.8 Å². The standard InChI is InChI=1S/C14H18O4/c1-5-9(3)10-7-11(15)14(18-10)12(16)17-8-13(14,4)6-2/h6-7,9H,2,5,8H2,1,3-4H3/t9-,13+,14-/m0/s1. The molecule has 4 nitrogen and oxygen atoms in total. The Morgan fingerprint density at radius 3 is 2.78 bits per heavy atom. The smallest absolute Gasteiger partial charge is 0.359 e. The highest BCUT2D eigenvalue weighted by molar-refractivity contribution is 6.16. The summed E-state index contributed by atoms with van der Waals surface area (Å²) in [5.74, 6) is -0.266. The van der Waals surface area contributed by atoms with Crippen molar-refractivity contribution in [1.29, 1.82) is 0 Å². The molecular formula is C14H18O4. The average molecular weight is 250 g/mol. The molecule has 0 saturated carbocycles. The van der Waals surface area contributed by atoms with Gasteiger partial charge in [-0.2, -0.15) is 0 Å². The van der Waals surface area contributed by atoms with Crippen LogP contribution in [0.25, 0.3) is 0 Å². The van der Waals surface area contributed by atoms with Gasteiger partial charge in [0, 0.05) is 12.0 Å². The summed E-state index contributed by atoms with van der Waals surface area (Å²) in [4.78, 5) is 24.3. The van der Waals surface area contributed by atoms with E-state index in [1.807, 2.05) is 13.8 Å². The Bertz CT molecular complexity index is 451. The van der Waals surface area contributed by atoms with Crippen molar-refractivity contribution in [2.75, 3.05) is 6.61 Å². The Labute approximate surface area is 107 Å². The van der Waals surface area contributed by atoms with Crippen molar-refractivity contribution in [3.63, 3.8) is 0 Å². The minimum atomic E-state index is -1.55. The molecule has 1 saturated heterocycles. The molecule has 0 aromatic heterocycles.